The summed E-state index contributed by atoms with van der Waals surface area (Å²) in [6.07, 6.45) is -9.52. The summed E-state index contributed by atoms with van der Waals surface area (Å²) in [5.41, 5.74) is -0.0112. The molecule has 0 unspecified atom stereocenters. The first-order chi connectivity index (χ1) is 22.0. The standard InChI is InChI=1S/C33H36F6N4O4/c1-20-16-43(21(2)19-44)30(45)15-23-14-27(41-31(46)40-26-10-8-25(9-11-26)33(37,38)39)12-13-28(23)47-29(20)18-42(3)17-22-4-6-24(7-5-22)32(34,35)36/h4-14,20-21,29,44H,15-19H2,1-3H3,(H2,40,41,46)/t20-,21+,29-/m0/s1. The quantitative estimate of drug-likeness (QED) is 0.234. The zero-order valence-electron chi connectivity index (χ0n) is 26.0. The molecule has 0 bridgehead atoms. The van der Waals surface area contributed by atoms with Crippen LogP contribution in [-0.2, 0) is 30.1 Å². The number of carbonyl (C=O) groups excluding carboxylic acids is 2. The Morgan fingerprint density at radius 3 is 2.09 bits per heavy atom. The van der Waals surface area contributed by atoms with E-state index in [-0.39, 0.29) is 37.1 Å². The molecular formula is C33H36F6N4O4. The number of nitrogens with one attached hydrogen (secondary N) is 2. The molecular weight excluding hydrogens is 630 g/mol. The third kappa shape index (κ3) is 9.61. The molecule has 3 N–H and O–H groups in total. The first kappa shape index (κ1) is 35.6. The fourth-order valence-corrected chi connectivity index (χ4v) is 5.24. The number of amides is 3. The molecule has 0 spiro atoms. The van der Waals surface area contributed by atoms with Gasteiger partial charge < -0.3 is 25.4 Å². The molecule has 8 nitrogen and oxygen atoms in total. The second kappa shape index (κ2) is 14.6. The third-order valence-electron chi connectivity index (χ3n) is 7.87. The monoisotopic (exact) mass is 666 g/mol. The van der Waals surface area contributed by atoms with Crippen LogP contribution in [0.25, 0.3) is 0 Å². The Morgan fingerprint density at radius 1 is 0.957 bits per heavy atom. The first-order valence-corrected chi connectivity index (χ1v) is 14.8. The number of benzene rings is 3. The van der Waals surface area contributed by atoms with Gasteiger partial charge in [0.1, 0.15) is 11.9 Å². The summed E-state index contributed by atoms with van der Waals surface area (Å²) in [4.78, 5) is 29.6. The molecule has 254 valence electrons. The summed E-state index contributed by atoms with van der Waals surface area (Å²) in [7, 11) is 1.81. The normalized spacial score (nSPS) is 18.0. The van der Waals surface area contributed by atoms with Crippen LogP contribution in [0.2, 0.25) is 0 Å². The fraction of sp³-hybridized carbons (Fsp3) is 0.394. The smallest absolute Gasteiger partial charge is 0.416 e. The lowest BCUT2D eigenvalue weighted by molar-refractivity contribution is -0.138. The third-order valence-corrected chi connectivity index (χ3v) is 7.87. The maximum absolute atomic E-state index is 13.5. The lowest BCUT2D eigenvalue weighted by Crippen LogP contribution is -2.47. The van der Waals surface area contributed by atoms with Crippen molar-refractivity contribution in [2.24, 2.45) is 5.92 Å². The fourth-order valence-electron chi connectivity index (χ4n) is 5.24. The number of hydrogen-bond acceptors (Lipinski definition) is 5. The van der Waals surface area contributed by atoms with Crippen molar-refractivity contribution in [1.82, 2.24) is 9.80 Å². The molecule has 1 aliphatic rings. The number of aliphatic hydroxyl groups is 1. The van der Waals surface area contributed by atoms with E-state index in [1.54, 1.807) is 30.0 Å². The molecule has 0 aromatic heterocycles. The Bertz CT molecular complexity index is 1530. The number of hydrogen-bond donors (Lipinski definition) is 3. The molecule has 3 atom stereocenters. The Hall–Kier alpha value is -4.30. The number of fused-ring (bicyclic) bond motifs is 1. The minimum Gasteiger partial charge on any atom is -0.488 e. The maximum atomic E-state index is 13.5. The van der Waals surface area contributed by atoms with Crippen molar-refractivity contribution < 1.29 is 45.8 Å². The van der Waals surface area contributed by atoms with Crippen LogP contribution in [0, 0.1) is 5.92 Å². The summed E-state index contributed by atoms with van der Waals surface area (Å²) < 4.78 is 84.0. The number of urea groups is 1. The van der Waals surface area contributed by atoms with Gasteiger partial charge in [-0.15, -0.1) is 0 Å². The molecule has 0 saturated carbocycles. The molecule has 0 aliphatic carbocycles. The van der Waals surface area contributed by atoms with Gasteiger partial charge in [-0.25, -0.2) is 4.79 Å². The maximum Gasteiger partial charge on any atom is 0.416 e. The van der Waals surface area contributed by atoms with Crippen LogP contribution in [-0.4, -0.2) is 65.7 Å². The van der Waals surface area contributed by atoms with Gasteiger partial charge in [0.05, 0.1) is 30.2 Å². The average Bonchev–Trinajstić information content (AvgIpc) is 3.03. The highest BCUT2D eigenvalue weighted by atomic mass is 19.4. The highest BCUT2D eigenvalue weighted by Crippen LogP contribution is 2.32. The van der Waals surface area contributed by atoms with Crippen LogP contribution in [0.1, 0.15) is 36.1 Å². The van der Waals surface area contributed by atoms with Crippen molar-refractivity contribution >= 4 is 23.3 Å². The van der Waals surface area contributed by atoms with E-state index >= 15 is 0 Å². The van der Waals surface area contributed by atoms with E-state index in [2.05, 4.69) is 10.6 Å². The summed E-state index contributed by atoms with van der Waals surface area (Å²) in [5.74, 6) is -0.0973. The Morgan fingerprint density at radius 2 is 1.51 bits per heavy atom. The number of carbonyl (C=O) groups is 2. The molecule has 4 rings (SSSR count). The van der Waals surface area contributed by atoms with Crippen molar-refractivity contribution in [1.29, 1.82) is 0 Å². The van der Waals surface area contributed by atoms with Crippen molar-refractivity contribution in [2.45, 2.75) is 51.3 Å². The Labute approximate surface area is 268 Å². The second-order valence-electron chi connectivity index (χ2n) is 11.8. The van der Waals surface area contributed by atoms with Gasteiger partial charge in [0.25, 0.3) is 0 Å². The van der Waals surface area contributed by atoms with E-state index in [0.717, 1.165) is 36.4 Å². The van der Waals surface area contributed by atoms with Gasteiger partial charge in [-0.3, -0.25) is 9.69 Å². The number of ether oxygens (including phenoxy) is 1. The molecule has 3 aromatic carbocycles. The SMILES string of the molecule is C[C@H](CO)N1C[C@H](C)[C@H](CN(C)Cc2ccc(C(F)(F)F)cc2)Oc2ccc(NC(=O)Nc3ccc(C(F)(F)F)cc3)cc2CC1=O. The van der Waals surface area contributed by atoms with Gasteiger partial charge in [0.15, 0.2) is 0 Å². The minimum atomic E-state index is -4.51. The minimum absolute atomic E-state index is 0.101. The average molecular weight is 667 g/mol. The summed E-state index contributed by atoms with van der Waals surface area (Å²) in [6.45, 7) is 4.33. The molecule has 0 saturated heterocycles. The lowest BCUT2D eigenvalue weighted by Gasteiger charge is -2.34. The lowest BCUT2D eigenvalue weighted by atomic mass is 10.0. The van der Waals surface area contributed by atoms with E-state index < -0.39 is 41.7 Å². The van der Waals surface area contributed by atoms with Crippen LogP contribution in [0.15, 0.2) is 66.7 Å². The van der Waals surface area contributed by atoms with E-state index in [9.17, 15) is 41.0 Å². The van der Waals surface area contributed by atoms with Gasteiger partial charge in [0.2, 0.25) is 5.91 Å². The molecule has 47 heavy (non-hydrogen) atoms. The van der Waals surface area contributed by atoms with Crippen molar-refractivity contribution in [2.75, 3.05) is 37.4 Å². The predicted molar refractivity (Wildman–Crippen MR) is 164 cm³/mol. The number of aliphatic hydroxyl groups excluding tert-OH is 1. The zero-order valence-corrected chi connectivity index (χ0v) is 26.0. The topological polar surface area (TPSA) is 94.1 Å². The van der Waals surface area contributed by atoms with Crippen LogP contribution in [0.4, 0.5) is 42.5 Å². The van der Waals surface area contributed by atoms with Crippen LogP contribution >= 0.6 is 0 Å². The van der Waals surface area contributed by atoms with Crippen molar-refractivity contribution in [3.05, 3.63) is 89.0 Å². The molecule has 0 fully saturated rings. The molecule has 3 aromatic rings. The van der Waals surface area contributed by atoms with Crippen molar-refractivity contribution in [3.63, 3.8) is 0 Å². The number of likely N-dealkylation sites (N-methyl/N-ethyl adjacent to an activating group) is 1. The Kier molecular flexibility index (Phi) is 11.1. The van der Waals surface area contributed by atoms with Gasteiger partial charge in [-0.1, -0.05) is 19.1 Å². The Balaban J connectivity index is 1.52. The number of nitrogens with zero attached hydrogens (tertiary/aromatic N) is 2. The molecule has 1 heterocycles. The molecule has 0 radical (unpaired) electrons. The molecule has 3 amide bonds. The van der Waals surface area contributed by atoms with E-state index in [4.69, 9.17) is 4.74 Å². The number of alkyl halides is 6. The highest BCUT2D eigenvalue weighted by molar-refractivity contribution is 6.00. The van der Waals surface area contributed by atoms with E-state index in [0.29, 0.717) is 35.7 Å². The highest BCUT2D eigenvalue weighted by Gasteiger charge is 2.33. The predicted octanol–water partition coefficient (Wildman–Crippen LogP) is 6.65. The number of anilines is 2. The van der Waals surface area contributed by atoms with E-state index in [1.807, 2.05) is 18.9 Å². The second-order valence-corrected chi connectivity index (χ2v) is 11.8. The van der Waals surface area contributed by atoms with Gasteiger partial charge in [0, 0.05) is 42.5 Å². The number of rotatable bonds is 8. The molecule has 1 aliphatic heterocycles. The summed E-state index contributed by atoms with van der Waals surface area (Å²) >= 11 is 0. The first-order valence-electron chi connectivity index (χ1n) is 14.8. The van der Waals surface area contributed by atoms with Gasteiger partial charge >= 0.3 is 18.4 Å². The van der Waals surface area contributed by atoms with Crippen LogP contribution in [0.3, 0.4) is 0 Å². The van der Waals surface area contributed by atoms with Crippen LogP contribution < -0.4 is 15.4 Å². The zero-order chi connectivity index (χ0) is 34.5. The number of halogens is 6. The van der Waals surface area contributed by atoms with Gasteiger partial charge in [-0.2, -0.15) is 26.3 Å². The largest absolute Gasteiger partial charge is 0.488 e. The molecule has 14 heteroatoms. The van der Waals surface area contributed by atoms with Gasteiger partial charge in [-0.05, 0) is 74.1 Å². The summed E-state index contributed by atoms with van der Waals surface area (Å²) in [5, 5.41) is 15.0. The van der Waals surface area contributed by atoms with E-state index in [1.165, 1.54) is 12.1 Å². The van der Waals surface area contributed by atoms with Crippen molar-refractivity contribution in [3.8, 4) is 5.75 Å². The summed E-state index contributed by atoms with van der Waals surface area (Å²) in [6, 6.07) is 12.4. The van der Waals surface area contributed by atoms with Crippen LogP contribution in [0.5, 0.6) is 5.75 Å².